The van der Waals surface area contributed by atoms with Crippen LogP contribution in [0.1, 0.15) is 16.1 Å². The van der Waals surface area contributed by atoms with Crippen LogP contribution in [0.5, 0.6) is 17.2 Å². The highest BCUT2D eigenvalue weighted by Crippen LogP contribution is 2.39. The zero-order valence-electron chi connectivity index (χ0n) is 17.9. The van der Waals surface area contributed by atoms with Crippen LogP contribution >= 0.6 is 11.8 Å². The maximum absolute atomic E-state index is 13.1. The molecule has 1 amide bonds. The van der Waals surface area contributed by atoms with E-state index in [-0.39, 0.29) is 5.91 Å². The second-order valence-electron chi connectivity index (χ2n) is 6.67. The van der Waals surface area contributed by atoms with E-state index in [1.165, 1.54) is 39.4 Å². The molecule has 2 heterocycles. The van der Waals surface area contributed by atoms with Gasteiger partial charge in [0.2, 0.25) is 5.75 Å². The number of nitrogens with one attached hydrogen (secondary N) is 1. The molecular formula is C22H21N5O4S. The maximum Gasteiger partial charge on any atom is 0.255 e. The zero-order valence-corrected chi connectivity index (χ0v) is 18.8. The van der Waals surface area contributed by atoms with Gasteiger partial charge >= 0.3 is 0 Å². The van der Waals surface area contributed by atoms with Gasteiger partial charge in [0, 0.05) is 16.2 Å². The SMILES string of the molecule is COc1cc(C(=O)Nc2ccccc2Sc2cc(C)nc3ncnn23)cc(OC)c1OC. The Balaban J connectivity index is 1.65. The van der Waals surface area contributed by atoms with E-state index in [0.29, 0.717) is 34.3 Å². The van der Waals surface area contributed by atoms with Crippen LogP contribution in [0.25, 0.3) is 5.78 Å². The van der Waals surface area contributed by atoms with Crippen molar-refractivity contribution >= 4 is 29.1 Å². The Morgan fingerprint density at radius 1 is 1.03 bits per heavy atom. The van der Waals surface area contributed by atoms with Gasteiger partial charge in [-0.1, -0.05) is 23.9 Å². The van der Waals surface area contributed by atoms with Crippen molar-refractivity contribution in [2.45, 2.75) is 16.8 Å². The molecule has 4 rings (SSSR count). The average molecular weight is 452 g/mol. The topological polar surface area (TPSA) is 99.9 Å². The van der Waals surface area contributed by atoms with Gasteiger partial charge in [0.25, 0.3) is 11.7 Å². The number of anilines is 1. The standard InChI is InChI=1S/C22H21N5O4S/c1-13-9-19(27-22(25-13)23-12-24-27)32-18-8-6-5-7-15(18)26-21(28)14-10-16(29-2)20(31-4)17(11-14)30-3/h5-12H,1-4H3,(H,26,28). The summed E-state index contributed by atoms with van der Waals surface area (Å²) in [5.41, 5.74) is 1.85. The first-order chi connectivity index (χ1) is 15.5. The monoisotopic (exact) mass is 451 g/mol. The molecule has 0 saturated heterocycles. The van der Waals surface area contributed by atoms with E-state index in [2.05, 4.69) is 20.4 Å². The van der Waals surface area contributed by atoms with Crippen molar-refractivity contribution in [3.63, 3.8) is 0 Å². The number of amides is 1. The fourth-order valence-electron chi connectivity index (χ4n) is 3.15. The number of hydrogen-bond acceptors (Lipinski definition) is 8. The molecule has 0 atom stereocenters. The molecule has 9 nitrogen and oxygen atoms in total. The summed E-state index contributed by atoms with van der Waals surface area (Å²) in [5.74, 6) is 1.44. The zero-order chi connectivity index (χ0) is 22.7. The molecule has 0 fully saturated rings. The molecule has 0 aliphatic heterocycles. The lowest BCUT2D eigenvalue weighted by atomic mass is 10.1. The Morgan fingerprint density at radius 3 is 2.44 bits per heavy atom. The van der Waals surface area contributed by atoms with E-state index in [4.69, 9.17) is 14.2 Å². The number of hydrogen-bond donors (Lipinski definition) is 1. The number of carbonyl (C=O) groups is 1. The molecule has 0 spiro atoms. The van der Waals surface area contributed by atoms with Crippen LogP contribution in [0.3, 0.4) is 0 Å². The van der Waals surface area contributed by atoms with Crippen molar-refractivity contribution in [3.8, 4) is 17.2 Å². The summed E-state index contributed by atoms with van der Waals surface area (Å²) in [6.07, 6.45) is 1.46. The fraction of sp³-hybridized carbons (Fsp3) is 0.182. The van der Waals surface area contributed by atoms with E-state index in [9.17, 15) is 4.79 Å². The Bertz CT molecular complexity index is 1270. The van der Waals surface area contributed by atoms with Crippen molar-refractivity contribution in [1.82, 2.24) is 19.6 Å². The Kier molecular flexibility index (Phi) is 6.13. The van der Waals surface area contributed by atoms with Crippen LogP contribution in [0.15, 0.2) is 58.7 Å². The molecule has 0 unspecified atom stereocenters. The molecule has 32 heavy (non-hydrogen) atoms. The summed E-state index contributed by atoms with van der Waals surface area (Å²) < 4.78 is 17.7. The highest BCUT2D eigenvalue weighted by Gasteiger charge is 2.18. The first kappa shape index (κ1) is 21.4. The third-order valence-electron chi connectivity index (χ3n) is 4.62. The summed E-state index contributed by atoms with van der Waals surface area (Å²) in [5, 5.41) is 8.05. The molecule has 10 heteroatoms. The first-order valence-electron chi connectivity index (χ1n) is 9.59. The molecule has 164 valence electrons. The van der Waals surface area contributed by atoms with E-state index in [1.54, 1.807) is 16.6 Å². The van der Waals surface area contributed by atoms with E-state index >= 15 is 0 Å². The van der Waals surface area contributed by atoms with Crippen LogP contribution in [0, 0.1) is 6.92 Å². The van der Waals surface area contributed by atoms with Gasteiger partial charge in [-0.15, -0.1) is 0 Å². The van der Waals surface area contributed by atoms with Gasteiger partial charge in [0.15, 0.2) is 11.5 Å². The molecular weight excluding hydrogens is 430 g/mol. The van der Waals surface area contributed by atoms with Crippen molar-refractivity contribution < 1.29 is 19.0 Å². The lowest BCUT2D eigenvalue weighted by Crippen LogP contribution is -2.13. The van der Waals surface area contributed by atoms with E-state index in [0.717, 1.165) is 15.6 Å². The number of ether oxygens (including phenoxy) is 3. The lowest BCUT2D eigenvalue weighted by Gasteiger charge is -2.15. The normalized spacial score (nSPS) is 10.8. The minimum atomic E-state index is -0.311. The second kappa shape index (κ2) is 9.15. The van der Waals surface area contributed by atoms with Crippen LogP contribution in [-0.2, 0) is 0 Å². The van der Waals surface area contributed by atoms with Crippen molar-refractivity contribution in [2.24, 2.45) is 0 Å². The Morgan fingerprint density at radius 2 is 1.75 bits per heavy atom. The second-order valence-corrected chi connectivity index (χ2v) is 7.74. The van der Waals surface area contributed by atoms with E-state index in [1.807, 2.05) is 37.3 Å². The molecule has 0 aliphatic carbocycles. The van der Waals surface area contributed by atoms with Crippen molar-refractivity contribution in [3.05, 3.63) is 60.0 Å². The lowest BCUT2D eigenvalue weighted by molar-refractivity contribution is 0.102. The highest BCUT2D eigenvalue weighted by atomic mass is 32.2. The largest absolute Gasteiger partial charge is 0.493 e. The first-order valence-corrected chi connectivity index (χ1v) is 10.4. The third-order valence-corrected chi connectivity index (χ3v) is 5.70. The van der Waals surface area contributed by atoms with Crippen molar-refractivity contribution in [1.29, 1.82) is 0 Å². The average Bonchev–Trinajstić information content (AvgIpc) is 3.27. The number of aromatic nitrogens is 4. The highest BCUT2D eigenvalue weighted by molar-refractivity contribution is 7.99. The number of carbonyl (C=O) groups excluding carboxylic acids is 1. The van der Waals surface area contributed by atoms with Gasteiger partial charge in [0.05, 0.1) is 27.0 Å². The molecule has 0 aliphatic rings. The smallest absolute Gasteiger partial charge is 0.255 e. The number of rotatable bonds is 7. The van der Waals surface area contributed by atoms with Crippen LogP contribution in [0.2, 0.25) is 0 Å². The summed E-state index contributed by atoms with van der Waals surface area (Å²) in [7, 11) is 4.53. The summed E-state index contributed by atoms with van der Waals surface area (Å²) in [6.45, 7) is 1.90. The quantitative estimate of drug-likeness (QED) is 0.423. The van der Waals surface area contributed by atoms with Gasteiger partial charge in [-0.3, -0.25) is 4.79 Å². The molecule has 2 aromatic heterocycles. The van der Waals surface area contributed by atoms with E-state index < -0.39 is 0 Å². The summed E-state index contributed by atoms with van der Waals surface area (Å²) in [4.78, 5) is 22.4. The van der Waals surface area contributed by atoms with Gasteiger partial charge in [0.1, 0.15) is 11.4 Å². The number of benzene rings is 2. The summed E-state index contributed by atoms with van der Waals surface area (Å²) >= 11 is 1.46. The Labute approximate surface area is 188 Å². The number of methoxy groups -OCH3 is 3. The van der Waals surface area contributed by atoms with Crippen LogP contribution in [-0.4, -0.2) is 46.8 Å². The van der Waals surface area contributed by atoms with Crippen molar-refractivity contribution in [2.75, 3.05) is 26.6 Å². The molecule has 1 N–H and O–H groups in total. The Hall–Kier alpha value is -3.79. The van der Waals surface area contributed by atoms with Gasteiger partial charge in [-0.25, -0.2) is 4.98 Å². The van der Waals surface area contributed by atoms with Crippen LogP contribution < -0.4 is 19.5 Å². The molecule has 2 aromatic carbocycles. The number of nitrogens with zero attached hydrogens (tertiary/aromatic N) is 4. The predicted octanol–water partition coefficient (Wildman–Crippen LogP) is 3.86. The van der Waals surface area contributed by atoms with Gasteiger partial charge < -0.3 is 19.5 Å². The molecule has 0 radical (unpaired) electrons. The minimum Gasteiger partial charge on any atom is -0.493 e. The van der Waals surface area contributed by atoms with Gasteiger partial charge in [-0.2, -0.15) is 14.6 Å². The number of fused-ring (bicyclic) bond motifs is 1. The predicted molar refractivity (Wildman–Crippen MR) is 120 cm³/mol. The number of para-hydroxylation sites is 1. The van der Waals surface area contributed by atoms with Gasteiger partial charge in [-0.05, 0) is 37.3 Å². The summed E-state index contributed by atoms with van der Waals surface area (Å²) in [6, 6.07) is 12.7. The third kappa shape index (κ3) is 4.17. The maximum atomic E-state index is 13.1. The number of aryl methyl sites for hydroxylation is 1. The fourth-order valence-corrected chi connectivity index (χ4v) is 4.19. The minimum absolute atomic E-state index is 0.311. The van der Waals surface area contributed by atoms with Crippen LogP contribution in [0.4, 0.5) is 5.69 Å². The molecule has 0 saturated carbocycles. The molecule has 0 bridgehead atoms. The molecule has 4 aromatic rings.